The Morgan fingerprint density at radius 2 is 1.62 bits per heavy atom. The van der Waals surface area contributed by atoms with Crippen LogP contribution in [-0.4, -0.2) is 38.5 Å². The first-order chi connectivity index (χ1) is 12.5. The van der Waals surface area contributed by atoms with Crippen molar-refractivity contribution in [3.63, 3.8) is 0 Å². The van der Waals surface area contributed by atoms with Crippen molar-refractivity contribution in [2.45, 2.75) is 6.92 Å². The molecule has 2 rings (SSSR count). The lowest BCUT2D eigenvalue weighted by molar-refractivity contribution is -0.462. The smallest absolute Gasteiger partial charge is 0.199 e. The summed E-state index contributed by atoms with van der Waals surface area (Å²) in [7, 11) is 8.23. The molecule has 0 N–H and O–H groups in total. The van der Waals surface area contributed by atoms with Gasteiger partial charge in [0, 0.05) is 31.9 Å². The predicted molar refractivity (Wildman–Crippen MR) is 116 cm³/mol. The number of allylic oxidation sites excluding steroid dienone is 11. The van der Waals surface area contributed by atoms with Crippen molar-refractivity contribution in [3.8, 4) is 0 Å². The number of nitrogens with zero attached hydrogens (tertiary/aromatic N) is 2. The summed E-state index contributed by atoms with van der Waals surface area (Å²) in [6, 6.07) is 8.66. The molecular formula is C24H29N2+. The van der Waals surface area contributed by atoms with E-state index in [0.29, 0.717) is 0 Å². The van der Waals surface area contributed by atoms with Gasteiger partial charge >= 0.3 is 0 Å². The molecule has 0 amide bonds. The summed E-state index contributed by atoms with van der Waals surface area (Å²) in [6.07, 6.45) is 16.8. The molecule has 0 spiro atoms. The maximum atomic E-state index is 4.04. The molecule has 0 bridgehead atoms. The summed E-state index contributed by atoms with van der Waals surface area (Å²) in [4.78, 5) is 2.11. The van der Waals surface area contributed by atoms with Gasteiger partial charge in [-0.3, -0.25) is 0 Å². The van der Waals surface area contributed by atoms with E-state index in [0.717, 1.165) is 5.57 Å². The number of rotatable bonds is 5. The second-order valence-corrected chi connectivity index (χ2v) is 6.61. The zero-order valence-corrected chi connectivity index (χ0v) is 16.5. The van der Waals surface area contributed by atoms with Gasteiger partial charge in [0.05, 0.1) is 0 Å². The van der Waals surface area contributed by atoms with E-state index >= 15 is 0 Å². The lowest BCUT2D eigenvalue weighted by atomic mass is 9.90. The SMILES string of the molecule is C=C/C(=C\C=C/C)C(=C1C=CC(=[N+](C)C)C=C1)c1ccc(N(C)C)cc1. The fourth-order valence-corrected chi connectivity index (χ4v) is 2.81. The zero-order chi connectivity index (χ0) is 19.1. The first-order valence-corrected chi connectivity index (χ1v) is 8.86. The third kappa shape index (κ3) is 4.60. The van der Waals surface area contributed by atoms with Crippen LogP contribution < -0.4 is 4.90 Å². The summed E-state index contributed by atoms with van der Waals surface area (Å²) in [6.45, 7) is 6.06. The topological polar surface area (TPSA) is 6.25 Å². The van der Waals surface area contributed by atoms with Gasteiger partial charge in [0.15, 0.2) is 5.71 Å². The summed E-state index contributed by atoms with van der Waals surface area (Å²) < 4.78 is 2.11. The van der Waals surface area contributed by atoms with Gasteiger partial charge in [-0.1, -0.05) is 43.0 Å². The van der Waals surface area contributed by atoms with Gasteiger partial charge in [-0.05, 0) is 53.5 Å². The van der Waals surface area contributed by atoms with Crippen molar-refractivity contribution in [1.29, 1.82) is 0 Å². The Morgan fingerprint density at radius 1 is 1.00 bits per heavy atom. The van der Waals surface area contributed by atoms with E-state index in [9.17, 15) is 0 Å². The molecule has 0 radical (unpaired) electrons. The van der Waals surface area contributed by atoms with Gasteiger partial charge in [-0.15, -0.1) is 0 Å². The van der Waals surface area contributed by atoms with Crippen molar-refractivity contribution in [1.82, 2.24) is 0 Å². The van der Waals surface area contributed by atoms with Crippen LogP contribution in [0.2, 0.25) is 0 Å². The van der Waals surface area contributed by atoms with Crippen molar-refractivity contribution in [3.05, 3.63) is 96.2 Å². The maximum Gasteiger partial charge on any atom is 0.199 e. The Kier molecular flexibility index (Phi) is 6.74. The molecule has 1 aliphatic rings. The van der Waals surface area contributed by atoms with Crippen molar-refractivity contribution in [2.75, 3.05) is 33.1 Å². The zero-order valence-electron chi connectivity index (χ0n) is 16.5. The molecule has 1 aromatic carbocycles. The Hall–Kier alpha value is -2.87. The highest BCUT2D eigenvalue weighted by Gasteiger charge is 2.13. The van der Waals surface area contributed by atoms with Crippen LogP contribution in [0.25, 0.3) is 5.57 Å². The van der Waals surface area contributed by atoms with Gasteiger partial charge < -0.3 is 4.90 Å². The van der Waals surface area contributed by atoms with Crippen LogP contribution >= 0.6 is 0 Å². The van der Waals surface area contributed by atoms with Gasteiger partial charge in [0.25, 0.3) is 0 Å². The molecule has 1 aliphatic carbocycles. The third-order valence-electron chi connectivity index (χ3n) is 4.32. The summed E-state index contributed by atoms with van der Waals surface area (Å²) in [5.74, 6) is 0. The minimum absolute atomic E-state index is 1.11. The van der Waals surface area contributed by atoms with Crippen LogP contribution in [0.15, 0.2) is 90.6 Å². The summed E-state index contributed by atoms with van der Waals surface area (Å²) in [5, 5.41) is 0. The summed E-state index contributed by atoms with van der Waals surface area (Å²) >= 11 is 0. The van der Waals surface area contributed by atoms with E-state index in [1.54, 1.807) is 0 Å². The lowest BCUT2D eigenvalue weighted by Gasteiger charge is -2.17. The average Bonchev–Trinajstić information content (AvgIpc) is 2.65. The van der Waals surface area contributed by atoms with Crippen molar-refractivity contribution in [2.24, 2.45) is 0 Å². The van der Waals surface area contributed by atoms with Crippen LogP contribution in [0.1, 0.15) is 12.5 Å². The van der Waals surface area contributed by atoms with Gasteiger partial charge in [-0.2, -0.15) is 0 Å². The molecule has 2 nitrogen and oxygen atoms in total. The monoisotopic (exact) mass is 345 g/mol. The number of hydrogen-bond acceptors (Lipinski definition) is 1. The Morgan fingerprint density at radius 3 is 2.08 bits per heavy atom. The van der Waals surface area contributed by atoms with E-state index in [2.05, 4.69) is 105 Å². The fraction of sp³-hybridized carbons (Fsp3) is 0.208. The molecule has 26 heavy (non-hydrogen) atoms. The van der Waals surface area contributed by atoms with Crippen molar-refractivity contribution >= 4 is 17.0 Å². The third-order valence-corrected chi connectivity index (χ3v) is 4.32. The fourth-order valence-electron chi connectivity index (χ4n) is 2.81. The van der Waals surface area contributed by atoms with Gasteiger partial charge in [0.1, 0.15) is 14.1 Å². The van der Waals surface area contributed by atoms with E-state index in [1.165, 1.54) is 28.1 Å². The highest BCUT2D eigenvalue weighted by Crippen LogP contribution is 2.31. The molecule has 0 fully saturated rings. The molecule has 0 unspecified atom stereocenters. The molecule has 0 atom stereocenters. The first kappa shape index (κ1) is 19.5. The molecule has 0 aromatic heterocycles. The minimum Gasteiger partial charge on any atom is -0.378 e. The lowest BCUT2D eigenvalue weighted by Crippen LogP contribution is -2.10. The Labute approximate surface area is 158 Å². The van der Waals surface area contributed by atoms with E-state index in [4.69, 9.17) is 0 Å². The predicted octanol–water partition coefficient (Wildman–Crippen LogP) is 5.03. The molecule has 2 heteroatoms. The number of anilines is 1. The Bertz CT molecular complexity index is 817. The molecule has 0 aliphatic heterocycles. The average molecular weight is 346 g/mol. The van der Waals surface area contributed by atoms with E-state index in [1.807, 2.05) is 19.1 Å². The van der Waals surface area contributed by atoms with Crippen LogP contribution in [0.3, 0.4) is 0 Å². The Balaban J connectivity index is 2.62. The van der Waals surface area contributed by atoms with E-state index in [-0.39, 0.29) is 0 Å². The highest BCUT2D eigenvalue weighted by atomic mass is 15.1. The van der Waals surface area contributed by atoms with Crippen LogP contribution in [0, 0.1) is 0 Å². The molecule has 0 saturated carbocycles. The summed E-state index contributed by atoms with van der Waals surface area (Å²) in [5.41, 5.74) is 7.04. The van der Waals surface area contributed by atoms with Crippen LogP contribution in [-0.2, 0) is 0 Å². The highest BCUT2D eigenvalue weighted by molar-refractivity contribution is 6.04. The molecule has 0 saturated heterocycles. The van der Waals surface area contributed by atoms with Gasteiger partial charge in [0.2, 0.25) is 0 Å². The molecule has 0 heterocycles. The second-order valence-electron chi connectivity index (χ2n) is 6.61. The second kappa shape index (κ2) is 9.00. The maximum absolute atomic E-state index is 4.04. The van der Waals surface area contributed by atoms with Crippen molar-refractivity contribution < 1.29 is 4.58 Å². The minimum atomic E-state index is 1.11. The molecular weight excluding hydrogens is 316 g/mol. The van der Waals surface area contributed by atoms with Crippen LogP contribution in [0.4, 0.5) is 5.69 Å². The normalized spacial score (nSPS) is 14.1. The molecule has 134 valence electrons. The van der Waals surface area contributed by atoms with E-state index < -0.39 is 0 Å². The first-order valence-electron chi connectivity index (χ1n) is 8.86. The number of hydrogen-bond donors (Lipinski definition) is 0. The quantitative estimate of drug-likeness (QED) is 0.535. The standard InChI is InChI=1S/C24H29N2/c1-7-9-10-19(8-2)24(20-11-15-22(16-12-20)25(3)4)21-13-17-23(18-14-21)26(5)6/h7-18H,2H2,1,3-6H3/q+1/b9-7-,19-10+. The van der Waals surface area contributed by atoms with Crippen LogP contribution in [0.5, 0.6) is 0 Å². The molecule has 1 aromatic rings. The largest absolute Gasteiger partial charge is 0.378 e. The number of benzene rings is 1. The van der Waals surface area contributed by atoms with Gasteiger partial charge in [-0.25, -0.2) is 4.58 Å².